The number of carbonyl (C=O) groups is 1. The van der Waals surface area contributed by atoms with Crippen molar-refractivity contribution in [2.24, 2.45) is 5.73 Å². The molecule has 0 saturated heterocycles. The van der Waals surface area contributed by atoms with Crippen molar-refractivity contribution in [3.63, 3.8) is 0 Å². The number of carbonyl (C=O) groups excluding carboxylic acids is 1. The first-order chi connectivity index (χ1) is 15.2. The molecule has 2 aromatic carbocycles. The molecule has 0 spiro atoms. The highest BCUT2D eigenvalue weighted by Crippen LogP contribution is 2.37. The Labute approximate surface area is 179 Å². The Balaban J connectivity index is 1.76. The molecule has 1 aliphatic heterocycles. The number of nitrogens with zero attached hydrogens (tertiary/aromatic N) is 1. The number of furan rings is 1. The van der Waals surface area contributed by atoms with Crippen LogP contribution in [0.25, 0.3) is 0 Å². The molecule has 1 aromatic heterocycles. The Morgan fingerprint density at radius 1 is 1.03 bits per heavy atom. The lowest BCUT2D eigenvalue weighted by atomic mass is 9.87. The maximum Gasteiger partial charge on any atom is 0.255 e. The van der Waals surface area contributed by atoms with E-state index >= 15 is 0 Å². The quantitative estimate of drug-likeness (QED) is 0.571. The van der Waals surface area contributed by atoms with Crippen LogP contribution in [0.1, 0.15) is 27.6 Å². The molecule has 31 heavy (non-hydrogen) atoms. The van der Waals surface area contributed by atoms with Crippen LogP contribution in [0.2, 0.25) is 0 Å². The second-order valence-corrected chi connectivity index (χ2v) is 6.83. The van der Waals surface area contributed by atoms with Gasteiger partial charge in [-0.05, 0) is 29.8 Å². The zero-order valence-corrected chi connectivity index (χ0v) is 16.5. The topological polar surface area (TPSA) is 113 Å². The number of benzene rings is 2. The molecule has 0 unspecified atom stereocenters. The summed E-state index contributed by atoms with van der Waals surface area (Å²) in [5, 5.41) is 15.9. The van der Waals surface area contributed by atoms with Crippen LogP contribution >= 0.6 is 0 Å². The van der Waals surface area contributed by atoms with Crippen LogP contribution in [-0.2, 0) is 11.3 Å². The van der Waals surface area contributed by atoms with Crippen molar-refractivity contribution in [2.45, 2.75) is 12.5 Å². The number of amides is 1. The van der Waals surface area contributed by atoms with Gasteiger partial charge in [-0.15, -0.1) is 0 Å². The Morgan fingerprint density at radius 2 is 1.74 bits per heavy atom. The van der Waals surface area contributed by atoms with Crippen molar-refractivity contribution in [1.82, 2.24) is 10.6 Å². The Hall–Kier alpha value is -4.44. The average molecular weight is 412 g/mol. The number of ether oxygens (including phenoxy) is 1. The Morgan fingerprint density at radius 3 is 2.39 bits per heavy atom. The van der Waals surface area contributed by atoms with Gasteiger partial charge >= 0.3 is 0 Å². The van der Waals surface area contributed by atoms with Crippen LogP contribution in [0.4, 0.5) is 0 Å². The minimum absolute atomic E-state index is 0.0176. The molecule has 2 heterocycles. The zero-order chi connectivity index (χ0) is 21.6. The molecule has 0 fully saturated rings. The van der Waals surface area contributed by atoms with Crippen LogP contribution in [0.3, 0.4) is 0 Å². The summed E-state index contributed by atoms with van der Waals surface area (Å²) in [4.78, 5) is 13.0. The van der Waals surface area contributed by atoms with Gasteiger partial charge in [-0.1, -0.05) is 48.5 Å². The highest BCUT2D eigenvalue weighted by atomic mass is 16.5. The molecule has 0 bridgehead atoms. The van der Waals surface area contributed by atoms with Crippen molar-refractivity contribution >= 4 is 5.91 Å². The number of rotatable bonds is 6. The third kappa shape index (κ3) is 4.28. The van der Waals surface area contributed by atoms with Gasteiger partial charge in [0.25, 0.3) is 5.91 Å². The molecule has 1 amide bonds. The van der Waals surface area contributed by atoms with E-state index in [0.717, 1.165) is 5.56 Å². The fourth-order valence-electron chi connectivity index (χ4n) is 3.36. The first-order valence-corrected chi connectivity index (χ1v) is 9.66. The van der Waals surface area contributed by atoms with E-state index in [1.165, 1.54) is 0 Å². The SMILES string of the molecule is N#CC1=C(N)OC(NCc2ccco2)=C(NC(=O)c2ccccc2)[C@H]1c1ccccc1. The van der Waals surface area contributed by atoms with E-state index < -0.39 is 5.92 Å². The number of hydrogen-bond donors (Lipinski definition) is 3. The predicted octanol–water partition coefficient (Wildman–Crippen LogP) is 3.48. The second kappa shape index (κ2) is 8.93. The lowest BCUT2D eigenvalue weighted by Gasteiger charge is -2.29. The van der Waals surface area contributed by atoms with Crippen LogP contribution in [0, 0.1) is 11.3 Å². The molecule has 154 valence electrons. The van der Waals surface area contributed by atoms with Crippen molar-refractivity contribution in [3.05, 3.63) is 119 Å². The van der Waals surface area contributed by atoms with Crippen LogP contribution < -0.4 is 16.4 Å². The number of nitriles is 1. The van der Waals surface area contributed by atoms with E-state index in [1.807, 2.05) is 42.5 Å². The van der Waals surface area contributed by atoms with Gasteiger partial charge in [0, 0.05) is 5.56 Å². The molecule has 7 nitrogen and oxygen atoms in total. The van der Waals surface area contributed by atoms with E-state index in [-0.39, 0.29) is 23.2 Å². The minimum atomic E-state index is -0.605. The molecule has 0 radical (unpaired) electrons. The summed E-state index contributed by atoms with van der Waals surface area (Å²) < 4.78 is 11.1. The van der Waals surface area contributed by atoms with Crippen LogP contribution in [0.15, 0.2) is 107 Å². The fourth-order valence-corrected chi connectivity index (χ4v) is 3.36. The van der Waals surface area contributed by atoms with Gasteiger partial charge in [0.2, 0.25) is 11.8 Å². The third-order valence-corrected chi connectivity index (χ3v) is 4.84. The second-order valence-electron chi connectivity index (χ2n) is 6.83. The van der Waals surface area contributed by atoms with E-state index in [4.69, 9.17) is 14.9 Å². The monoisotopic (exact) mass is 412 g/mol. The van der Waals surface area contributed by atoms with Crippen molar-refractivity contribution in [3.8, 4) is 6.07 Å². The molecule has 1 aliphatic rings. The van der Waals surface area contributed by atoms with E-state index in [1.54, 1.807) is 36.6 Å². The largest absolute Gasteiger partial charge is 0.467 e. The van der Waals surface area contributed by atoms with Gasteiger partial charge < -0.3 is 25.5 Å². The first kappa shape index (κ1) is 19.9. The number of hydrogen-bond acceptors (Lipinski definition) is 6. The highest BCUT2D eigenvalue weighted by Gasteiger charge is 2.34. The van der Waals surface area contributed by atoms with Gasteiger partial charge in [0.05, 0.1) is 24.4 Å². The molecule has 7 heteroatoms. The summed E-state index contributed by atoms with van der Waals surface area (Å²) in [7, 11) is 0. The summed E-state index contributed by atoms with van der Waals surface area (Å²) in [5.74, 6) is -0.0151. The van der Waals surface area contributed by atoms with Crippen molar-refractivity contribution in [1.29, 1.82) is 5.26 Å². The Kier molecular flexibility index (Phi) is 5.72. The van der Waals surface area contributed by atoms with E-state index in [9.17, 15) is 10.1 Å². The average Bonchev–Trinajstić information content (AvgIpc) is 3.33. The van der Waals surface area contributed by atoms with Gasteiger partial charge in [0.15, 0.2) is 0 Å². The lowest BCUT2D eigenvalue weighted by molar-refractivity contribution is 0.0958. The molecule has 4 N–H and O–H groups in total. The summed E-state index contributed by atoms with van der Waals surface area (Å²) in [6, 6.07) is 23.9. The van der Waals surface area contributed by atoms with E-state index in [0.29, 0.717) is 23.6 Å². The molecule has 0 saturated carbocycles. The molecule has 4 rings (SSSR count). The standard InChI is InChI=1S/C24H20N4O3/c25-14-19-20(16-8-3-1-4-9-16)21(28-23(29)17-10-5-2-6-11-17)24(31-22(19)26)27-15-18-12-7-13-30-18/h1-13,20,27H,15,26H2,(H,28,29)/t20-/m0/s1. The lowest BCUT2D eigenvalue weighted by Crippen LogP contribution is -2.36. The maximum absolute atomic E-state index is 13.0. The molecule has 0 aliphatic carbocycles. The molecule has 1 atom stereocenters. The zero-order valence-electron chi connectivity index (χ0n) is 16.5. The van der Waals surface area contributed by atoms with Gasteiger partial charge in [-0.25, -0.2) is 0 Å². The number of nitrogens with two attached hydrogens (primary N) is 1. The van der Waals surface area contributed by atoms with Crippen LogP contribution in [-0.4, -0.2) is 5.91 Å². The van der Waals surface area contributed by atoms with Crippen molar-refractivity contribution in [2.75, 3.05) is 0 Å². The predicted molar refractivity (Wildman–Crippen MR) is 114 cm³/mol. The van der Waals surface area contributed by atoms with E-state index in [2.05, 4.69) is 16.7 Å². The maximum atomic E-state index is 13.0. The first-order valence-electron chi connectivity index (χ1n) is 9.66. The summed E-state index contributed by atoms with van der Waals surface area (Å²) in [6.45, 7) is 0.309. The molecular weight excluding hydrogens is 392 g/mol. The highest BCUT2D eigenvalue weighted by molar-refractivity contribution is 5.95. The number of nitrogens with one attached hydrogen (secondary N) is 2. The molecule has 3 aromatic rings. The minimum Gasteiger partial charge on any atom is -0.467 e. The summed E-state index contributed by atoms with van der Waals surface area (Å²) in [6.07, 6.45) is 1.57. The third-order valence-electron chi connectivity index (χ3n) is 4.84. The summed E-state index contributed by atoms with van der Waals surface area (Å²) in [5.41, 5.74) is 7.98. The van der Waals surface area contributed by atoms with Crippen molar-refractivity contribution < 1.29 is 13.9 Å². The molecular formula is C24H20N4O3. The fraction of sp³-hybridized carbons (Fsp3) is 0.0833. The number of allylic oxidation sites excluding steroid dienone is 1. The van der Waals surface area contributed by atoms with Crippen LogP contribution in [0.5, 0.6) is 0 Å². The Bertz CT molecular complexity index is 1160. The van der Waals surface area contributed by atoms with Gasteiger partial charge in [-0.2, -0.15) is 5.26 Å². The normalized spacial score (nSPS) is 15.8. The summed E-state index contributed by atoms with van der Waals surface area (Å²) >= 11 is 0. The smallest absolute Gasteiger partial charge is 0.255 e. The van der Waals surface area contributed by atoms with Gasteiger partial charge in [-0.3, -0.25) is 4.79 Å². The van der Waals surface area contributed by atoms with Gasteiger partial charge in [0.1, 0.15) is 17.4 Å².